The molecule has 2 aromatic rings. The predicted octanol–water partition coefficient (Wildman–Crippen LogP) is 4.69. The smallest absolute Gasteiger partial charge is 0.129 e. The van der Waals surface area contributed by atoms with Crippen LogP contribution in [0.3, 0.4) is 0 Å². The molecule has 0 bridgehead atoms. The predicted molar refractivity (Wildman–Crippen MR) is 76.3 cm³/mol. The summed E-state index contributed by atoms with van der Waals surface area (Å²) < 4.78 is 31.9. The van der Waals surface area contributed by atoms with E-state index in [1.807, 2.05) is 6.07 Å². The molecule has 108 valence electrons. The zero-order valence-corrected chi connectivity index (χ0v) is 11.8. The molecule has 0 saturated carbocycles. The molecule has 2 aromatic carbocycles. The van der Waals surface area contributed by atoms with Gasteiger partial charge in [0, 0.05) is 17.0 Å². The molecular weight excluding hydrogens is 296 g/mol. The van der Waals surface area contributed by atoms with Crippen molar-refractivity contribution in [2.45, 2.75) is 12.3 Å². The highest BCUT2D eigenvalue weighted by molar-refractivity contribution is 6.31. The van der Waals surface area contributed by atoms with Crippen LogP contribution in [0, 0.1) is 23.0 Å². The fourth-order valence-corrected chi connectivity index (χ4v) is 2.24. The van der Waals surface area contributed by atoms with Gasteiger partial charge in [-0.05, 0) is 36.4 Å². The van der Waals surface area contributed by atoms with Crippen molar-refractivity contribution in [3.63, 3.8) is 0 Å². The molecule has 0 heterocycles. The van der Waals surface area contributed by atoms with Crippen LogP contribution in [0.1, 0.15) is 17.9 Å². The minimum atomic E-state index is -0.695. The Balaban J connectivity index is 2.00. The molecule has 5 heteroatoms. The molecule has 0 amide bonds. The number of nitrogens with zero attached hydrogens (tertiary/aromatic N) is 1. The molecule has 0 aliphatic carbocycles. The standard InChI is InChI=1S/C16H12ClF2NO/c17-14-2-1-3-15(19)16(14)11(10-20)8-9-21-13-6-4-12(18)5-7-13/h1-7,11H,8-9H2. The van der Waals surface area contributed by atoms with E-state index in [-0.39, 0.29) is 29.4 Å². The van der Waals surface area contributed by atoms with Crippen LogP contribution in [0.4, 0.5) is 8.78 Å². The summed E-state index contributed by atoms with van der Waals surface area (Å²) in [6, 6.07) is 11.9. The van der Waals surface area contributed by atoms with E-state index in [2.05, 4.69) is 0 Å². The van der Waals surface area contributed by atoms with E-state index in [4.69, 9.17) is 16.3 Å². The third kappa shape index (κ3) is 3.93. The van der Waals surface area contributed by atoms with Gasteiger partial charge >= 0.3 is 0 Å². The Hall–Kier alpha value is -2.12. The second-order valence-corrected chi connectivity index (χ2v) is 4.82. The Kier molecular flexibility index (Phi) is 5.13. The van der Waals surface area contributed by atoms with Crippen molar-refractivity contribution in [3.8, 4) is 11.8 Å². The van der Waals surface area contributed by atoms with Gasteiger partial charge in [0.25, 0.3) is 0 Å². The Morgan fingerprint density at radius 2 is 1.86 bits per heavy atom. The number of hydrogen-bond acceptors (Lipinski definition) is 2. The van der Waals surface area contributed by atoms with Gasteiger partial charge in [-0.2, -0.15) is 5.26 Å². The van der Waals surface area contributed by atoms with Gasteiger partial charge in [-0.25, -0.2) is 8.78 Å². The van der Waals surface area contributed by atoms with Crippen LogP contribution in [-0.4, -0.2) is 6.61 Å². The van der Waals surface area contributed by atoms with Crippen molar-refractivity contribution < 1.29 is 13.5 Å². The van der Waals surface area contributed by atoms with Crippen molar-refractivity contribution >= 4 is 11.6 Å². The lowest BCUT2D eigenvalue weighted by Gasteiger charge is -2.13. The molecule has 0 aromatic heterocycles. The summed E-state index contributed by atoms with van der Waals surface area (Å²) in [6.45, 7) is 0.203. The van der Waals surface area contributed by atoms with Crippen LogP contribution in [0.5, 0.6) is 5.75 Å². The van der Waals surface area contributed by atoms with Crippen molar-refractivity contribution in [3.05, 3.63) is 64.7 Å². The van der Waals surface area contributed by atoms with Gasteiger partial charge in [-0.15, -0.1) is 0 Å². The summed E-state index contributed by atoms with van der Waals surface area (Å²) in [5, 5.41) is 9.41. The zero-order valence-electron chi connectivity index (χ0n) is 11.0. The maximum absolute atomic E-state index is 13.8. The molecule has 2 nitrogen and oxygen atoms in total. The Labute approximate surface area is 126 Å². The van der Waals surface area contributed by atoms with Crippen LogP contribution < -0.4 is 4.74 Å². The average molecular weight is 308 g/mol. The highest BCUT2D eigenvalue weighted by Gasteiger charge is 2.18. The lowest BCUT2D eigenvalue weighted by Crippen LogP contribution is -2.07. The number of ether oxygens (including phenoxy) is 1. The van der Waals surface area contributed by atoms with Gasteiger partial charge in [-0.1, -0.05) is 17.7 Å². The molecule has 1 atom stereocenters. The van der Waals surface area contributed by atoms with Crippen LogP contribution in [0.2, 0.25) is 5.02 Å². The van der Waals surface area contributed by atoms with E-state index in [1.165, 1.54) is 36.4 Å². The number of halogens is 3. The number of rotatable bonds is 5. The third-order valence-electron chi connectivity index (χ3n) is 2.99. The summed E-state index contributed by atoms with van der Waals surface area (Å²) >= 11 is 5.94. The van der Waals surface area contributed by atoms with Gasteiger partial charge in [0.15, 0.2) is 0 Å². The zero-order chi connectivity index (χ0) is 15.2. The van der Waals surface area contributed by atoms with Crippen LogP contribution in [0.15, 0.2) is 42.5 Å². The number of benzene rings is 2. The summed E-state index contributed by atoms with van der Waals surface area (Å²) in [5.41, 5.74) is 0.185. The first-order valence-corrected chi connectivity index (χ1v) is 6.71. The van der Waals surface area contributed by atoms with Crippen LogP contribution in [-0.2, 0) is 0 Å². The van der Waals surface area contributed by atoms with Gasteiger partial charge in [0.05, 0.1) is 18.6 Å². The fraction of sp³-hybridized carbons (Fsp3) is 0.188. The lowest BCUT2D eigenvalue weighted by molar-refractivity contribution is 0.304. The van der Waals surface area contributed by atoms with Gasteiger partial charge in [0.2, 0.25) is 0 Å². The highest BCUT2D eigenvalue weighted by atomic mass is 35.5. The number of nitriles is 1. The van der Waals surface area contributed by atoms with E-state index in [9.17, 15) is 14.0 Å². The highest BCUT2D eigenvalue weighted by Crippen LogP contribution is 2.29. The van der Waals surface area contributed by atoms with Crippen LogP contribution >= 0.6 is 11.6 Å². The minimum absolute atomic E-state index is 0.185. The first kappa shape index (κ1) is 15.3. The Morgan fingerprint density at radius 3 is 2.48 bits per heavy atom. The summed E-state index contributed by atoms with van der Waals surface area (Å²) in [6.07, 6.45) is 0.286. The molecule has 0 N–H and O–H groups in total. The molecule has 1 unspecified atom stereocenters. The first-order chi connectivity index (χ1) is 10.1. The largest absolute Gasteiger partial charge is 0.494 e. The molecule has 0 saturated heterocycles. The van der Waals surface area contributed by atoms with E-state index < -0.39 is 11.7 Å². The SMILES string of the molecule is N#CC(CCOc1ccc(F)cc1)c1c(F)cccc1Cl. The molecule has 0 radical (unpaired) electrons. The number of hydrogen-bond donors (Lipinski definition) is 0. The molecule has 21 heavy (non-hydrogen) atoms. The molecule has 0 aliphatic rings. The maximum Gasteiger partial charge on any atom is 0.129 e. The van der Waals surface area contributed by atoms with Crippen molar-refractivity contribution in [1.29, 1.82) is 5.26 Å². The van der Waals surface area contributed by atoms with Gasteiger partial charge in [-0.3, -0.25) is 0 Å². The fourth-order valence-electron chi connectivity index (χ4n) is 1.94. The third-order valence-corrected chi connectivity index (χ3v) is 3.32. The second-order valence-electron chi connectivity index (χ2n) is 4.41. The molecular formula is C16H12ClF2NO. The summed E-state index contributed by atoms with van der Waals surface area (Å²) in [4.78, 5) is 0. The van der Waals surface area contributed by atoms with E-state index >= 15 is 0 Å². The topological polar surface area (TPSA) is 33.0 Å². The monoisotopic (exact) mass is 307 g/mol. The molecule has 2 rings (SSSR count). The van der Waals surface area contributed by atoms with E-state index in [1.54, 1.807) is 6.07 Å². The normalized spacial score (nSPS) is 11.7. The van der Waals surface area contributed by atoms with E-state index in [0.717, 1.165) is 0 Å². The van der Waals surface area contributed by atoms with E-state index in [0.29, 0.717) is 5.75 Å². The molecule has 0 fully saturated rings. The van der Waals surface area contributed by atoms with Crippen molar-refractivity contribution in [1.82, 2.24) is 0 Å². The second kappa shape index (κ2) is 7.05. The minimum Gasteiger partial charge on any atom is -0.494 e. The van der Waals surface area contributed by atoms with Gasteiger partial charge < -0.3 is 4.74 Å². The van der Waals surface area contributed by atoms with Crippen molar-refractivity contribution in [2.75, 3.05) is 6.61 Å². The average Bonchev–Trinajstić information content (AvgIpc) is 2.47. The van der Waals surface area contributed by atoms with Crippen molar-refractivity contribution in [2.24, 2.45) is 0 Å². The molecule has 0 aliphatic heterocycles. The van der Waals surface area contributed by atoms with Gasteiger partial charge in [0.1, 0.15) is 17.4 Å². The van der Waals surface area contributed by atoms with Crippen LogP contribution in [0.25, 0.3) is 0 Å². The first-order valence-electron chi connectivity index (χ1n) is 6.33. The summed E-state index contributed by atoms with van der Waals surface area (Å²) in [5.74, 6) is -1.06. The quantitative estimate of drug-likeness (QED) is 0.802. The Bertz CT molecular complexity index is 632. The Morgan fingerprint density at radius 1 is 1.14 bits per heavy atom. The summed E-state index contributed by atoms with van der Waals surface area (Å²) in [7, 11) is 0. The maximum atomic E-state index is 13.8. The lowest BCUT2D eigenvalue weighted by atomic mass is 9.97. The molecule has 0 spiro atoms.